The number of hydrogen-bond acceptors (Lipinski definition) is 3. The van der Waals surface area contributed by atoms with Gasteiger partial charge in [0.05, 0.1) is 6.61 Å². The first-order valence-electron chi connectivity index (χ1n) is 7.89. The minimum absolute atomic E-state index is 0.129. The molecule has 0 aliphatic heterocycles. The van der Waals surface area contributed by atoms with Crippen LogP contribution in [-0.4, -0.2) is 29.9 Å². The molecule has 0 spiro atoms. The van der Waals surface area contributed by atoms with Gasteiger partial charge in [-0.3, -0.25) is 0 Å². The molecular formula is C17H25NO2. The summed E-state index contributed by atoms with van der Waals surface area (Å²) in [6, 6.07) is 6.54. The lowest BCUT2D eigenvalue weighted by atomic mass is 9.99. The first-order valence-corrected chi connectivity index (χ1v) is 7.89. The number of likely N-dealkylation sites (N-methyl/N-ethyl adjacent to an activating group) is 1. The van der Waals surface area contributed by atoms with Crippen LogP contribution >= 0.6 is 0 Å². The Kier molecular flexibility index (Phi) is 3.99. The lowest BCUT2D eigenvalue weighted by Gasteiger charge is -2.28. The molecule has 1 saturated carbocycles. The normalized spacial score (nSPS) is 28.6. The second-order valence-corrected chi connectivity index (χ2v) is 6.24. The monoisotopic (exact) mass is 275 g/mol. The Morgan fingerprint density at radius 2 is 2.20 bits per heavy atom. The maximum atomic E-state index is 9.64. The van der Waals surface area contributed by atoms with Gasteiger partial charge < -0.3 is 15.2 Å². The van der Waals surface area contributed by atoms with Crippen LogP contribution in [0.1, 0.15) is 43.7 Å². The van der Waals surface area contributed by atoms with Gasteiger partial charge in [0.1, 0.15) is 11.9 Å². The maximum absolute atomic E-state index is 9.64. The van der Waals surface area contributed by atoms with Gasteiger partial charge in [-0.25, -0.2) is 0 Å². The highest BCUT2D eigenvalue weighted by Crippen LogP contribution is 2.34. The zero-order chi connectivity index (χ0) is 14.0. The SMILES string of the molecule is CCNC1(CO)CCC(Oc2ccc3c(c2)CCC3)C1. The summed E-state index contributed by atoms with van der Waals surface area (Å²) in [7, 11) is 0. The summed E-state index contributed by atoms with van der Waals surface area (Å²) in [5.74, 6) is 1.00. The summed E-state index contributed by atoms with van der Waals surface area (Å²) in [4.78, 5) is 0. The topological polar surface area (TPSA) is 41.5 Å². The first-order chi connectivity index (χ1) is 9.74. The van der Waals surface area contributed by atoms with Crippen molar-refractivity contribution in [2.75, 3.05) is 13.2 Å². The largest absolute Gasteiger partial charge is 0.490 e. The average molecular weight is 275 g/mol. The van der Waals surface area contributed by atoms with Gasteiger partial charge >= 0.3 is 0 Å². The van der Waals surface area contributed by atoms with Gasteiger partial charge in [0.25, 0.3) is 0 Å². The van der Waals surface area contributed by atoms with Gasteiger partial charge in [-0.1, -0.05) is 13.0 Å². The number of fused-ring (bicyclic) bond motifs is 1. The molecule has 2 atom stereocenters. The third-order valence-corrected chi connectivity index (χ3v) is 4.79. The van der Waals surface area contributed by atoms with Gasteiger partial charge in [-0.05, 0) is 61.9 Å². The van der Waals surface area contributed by atoms with E-state index in [4.69, 9.17) is 4.74 Å². The molecule has 3 rings (SSSR count). The number of nitrogens with one attached hydrogen (secondary N) is 1. The molecule has 0 bridgehead atoms. The Balaban J connectivity index is 1.64. The van der Waals surface area contributed by atoms with Gasteiger partial charge in [0, 0.05) is 12.0 Å². The zero-order valence-corrected chi connectivity index (χ0v) is 12.3. The smallest absolute Gasteiger partial charge is 0.120 e. The molecule has 110 valence electrons. The number of aryl methyl sites for hydroxylation is 2. The molecule has 0 aromatic heterocycles. The van der Waals surface area contributed by atoms with Crippen molar-refractivity contribution in [3.8, 4) is 5.75 Å². The molecule has 0 amide bonds. The van der Waals surface area contributed by atoms with E-state index in [1.54, 1.807) is 0 Å². The van der Waals surface area contributed by atoms with Crippen LogP contribution in [-0.2, 0) is 12.8 Å². The van der Waals surface area contributed by atoms with Crippen molar-refractivity contribution in [3.63, 3.8) is 0 Å². The van der Waals surface area contributed by atoms with Crippen molar-refractivity contribution in [2.45, 2.75) is 57.1 Å². The Bertz CT molecular complexity index is 474. The fourth-order valence-corrected chi connectivity index (χ4v) is 3.73. The van der Waals surface area contributed by atoms with E-state index in [1.165, 1.54) is 30.4 Å². The third-order valence-electron chi connectivity index (χ3n) is 4.79. The van der Waals surface area contributed by atoms with Gasteiger partial charge in [-0.2, -0.15) is 0 Å². The fraction of sp³-hybridized carbons (Fsp3) is 0.647. The number of aliphatic hydroxyl groups excluding tert-OH is 1. The molecule has 0 saturated heterocycles. The summed E-state index contributed by atoms with van der Waals surface area (Å²) >= 11 is 0. The highest BCUT2D eigenvalue weighted by atomic mass is 16.5. The Labute approximate surface area is 121 Å². The van der Waals surface area contributed by atoms with Crippen molar-refractivity contribution < 1.29 is 9.84 Å². The Hall–Kier alpha value is -1.06. The van der Waals surface area contributed by atoms with E-state index in [2.05, 4.69) is 30.4 Å². The van der Waals surface area contributed by atoms with Gasteiger partial charge in [-0.15, -0.1) is 0 Å². The second kappa shape index (κ2) is 5.74. The first kappa shape index (κ1) is 13.9. The standard InChI is InChI=1S/C17H25NO2/c1-2-18-17(12-19)9-8-16(11-17)20-15-7-6-13-4-3-5-14(13)10-15/h6-7,10,16,18-19H,2-5,8-9,11-12H2,1H3. The van der Waals surface area contributed by atoms with E-state index in [1.807, 2.05) is 0 Å². The lowest BCUT2D eigenvalue weighted by molar-refractivity contribution is 0.142. The Morgan fingerprint density at radius 3 is 3.00 bits per heavy atom. The molecular weight excluding hydrogens is 250 g/mol. The summed E-state index contributed by atoms with van der Waals surface area (Å²) in [5.41, 5.74) is 2.82. The van der Waals surface area contributed by atoms with Gasteiger partial charge in [0.15, 0.2) is 0 Å². The Morgan fingerprint density at radius 1 is 1.35 bits per heavy atom. The van der Waals surface area contributed by atoms with Crippen molar-refractivity contribution in [2.24, 2.45) is 0 Å². The van der Waals surface area contributed by atoms with Crippen LogP contribution in [0.4, 0.5) is 0 Å². The minimum atomic E-state index is -0.129. The number of ether oxygens (including phenoxy) is 1. The highest BCUT2D eigenvalue weighted by Gasteiger charge is 2.39. The van der Waals surface area contributed by atoms with Crippen molar-refractivity contribution in [3.05, 3.63) is 29.3 Å². The fourth-order valence-electron chi connectivity index (χ4n) is 3.73. The van der Waals surface area contributed by atoms with Crippen LogP contribution in [0.15, 0.2) is 18.2 Å². The molecule has 3 nitrogen and oxygen atoms in total. The molecule has 1 aromatic rings. The molecule has 3 heteroatoms. The van der Waals surface area contributed by atoms with Crippen LogP contribution in [0.5, 0.6) is 5.75 Å². The van der Waals surface area contributed by atoms with Gasteiger partial charge in [0.2, 0.25) is 0 Å². The number of hydrogen-bond donors (Lipinski definition) is 2. The predicted molar refractivity (Wildman–Crippen MR) is 80.2 cm³/mol. The highest BCUT2D eigenvalue weighted by molar-refractivity contribution is 5.38. The summed E-state index contributed by atoms with van der Waals surface area (Å²) in [5, 5.41) is 13.1. The number of aliphatic hydroxyl groups is 1. The van der Waals surface area contributed by atoms with E-state index in [-0.39, 0.29) is 18.2 Å². The molecule has 1 fully saturated rings. The van der Waals surface area contributed by atoms with Crippen LogP contribution in [0.3, 0.4) is 0 Å². The lowest BCUT2D eigenvalue weighted by Crippen LogP contribution is -2.46. The summed E-state index contributed by atoms with van der Waals surface area (Å²) in [6.07, 6.45) is 6.81. The maximum Gasteiger partial charge on any atom is 0.120 e. The molecule has 2 N–H and O–H groups in total. The van der Waals surface area contributed by atoms with Crippen LogP contribution in [0.2, 0.25) is 0 Å². The molecule has 0 radical (unpaired) electrons. The van der Waals surface area contributed by atoms with Crippen molar-refractivity contribution in [1.82, 2.24) is 5.32 Å². The number of benzene rings is 1. The number of rotatable bonds is 5. The van der Waals surface area contributed by atoms with Crippen molar-refractivity contribution >= 4 is 0 Å². The van der Waals surface area contributed by atoms with Crippen molar-refractivity contribution in [1.29, 1.82) is 0 Å². The van der Waals surface area contributed by atoms with E-state index in [0.717, 1.165) is 31.6 Å². The molecule has 2 aliphatic carbocycles. The van der Waals surface area contributed by atoms with Crippen LogP contribution in [0.25, 0.3) is 0 Å². The summed E-state index contributed by atoms with van der Waals surface area (Å²) < 4.78 is 6.15. The average Bonchev–Trinajstić information content (AvgIpc) is 3.06. The molecule has 1 aromatic carbocycles. The van der Waals surface area contributed by atoms with E-state index < -0.39 is 0 Å². The quantitative estimate of drug-likeness (QED) is 0.867. The van der Waals surface area contributed by atoms with E-state index >= 15 is 0 Å². The van der Waals surface area contributed by atoms with Crippen LogP contribution in [0, 0.1) is 0 Å². The van der Waals surface area contributed by atoms with E-state index in [9.17, 15) is 5.11 Å². The summed E-state index contributed by atoms with van der Waals surface area (Å²) in [6.45, 7) is 3.18. The molecule has 0 heterocycles. The molecule has 20 heavy (non-hydrogen) atoms. The molecule has 2 aliphatic rings. The minimum Gasteiger partial charge on any atom is -0.490 e. The van der Waals surface area contributed by atoms with E-state index in [0.29, 0.717) is 0 Å². The second-order valence-electron chi connectivity index (χ2n) is 6.24. The zero-order valence-electron chi connectivity index (χ0n) is 12.3. The third kappa shape index (κ3) is 2.70. The predicted octanol–water partition coefficient (Wildman–Crippen LogP) is 2.45. The molecule has 2 unspecified atom stereocenters. The van der Waals surface area contributed by atoms with Crippen LogP contribution < -0.4 is 10.1 Å².